The van der Waals surface area contributed by atoms with Crippen molar-refractivity contribution in [2.75, 3.05) is 13.2 Å². The van der Waals surface area contributed by atoms with E-state index in [2.05, 4.69) is 9.88 Å². The molecule has 2 aromatic carbocycles. The Hall–Kier alpha value is -3.74. The maximum atomic E-state index is 14.3. The highest BCUT2D eigenvalue weighted by atomic mass is 35.5. The van der Waals surface area contributed by atoms with Crippen molar-refractivity contribution in [2.45, 2.75) is 51.4 Å². The van der Waals surface area contributed by atoms with Crippen molar-refractivity contribution >= 4 is 28.6 Å². The third-order valence-corrected chi connectivity index (χ3v) is 7.81. The van der Waals surface area contributed by atoms with Gasteiger partial charge in [-0.1, -0.05) is 17.7 Å². The lowest BCUT2D eigenvalue weighted by atomic mass is 9.96. The van der Waals surface area contributed by atoms with Crippen molar-refractivity contribution in [3.05, 3.63) is 87.2 Å². The maximum Gasteiger partial charge on any atom is 0.419 e. The number of benzene rings is 2. The third kappa shape index (κ3) is 5.79. The van der Waals surface area contributed by atoms with Crippen LogP contribution in [0.15, 0.2) is 42.6 Å². The van der Waals surface area contributed by atoms with Crippen LogP contribution >= 0.6 is 11.6 Å². The molecule has 1 N–H and O–H groups in total. The van der Waals surface area contributed by atoms with Crippen LogP contribution in [0.1, 0.15) is 45.0 Å². The zero-order chi connectivity index (χ0) is 29.6. The average Bonchev–Trinajstić information content (AvgIpc) is 3.24. The second kappa shape index (κ2) is 11.2. The lowest BCUT2D eigenvalue weighted by Crippen LogP contribution is -2.34. The van der Waals surface area contributed by atoms with Crippen molar-refractivity contribution in [3.8, 4) is 5.75 Å². The molecule has 4 heterocycles. The first-order valence-corrected chi connectivity index (χ1v) is 13.6. The fourth-order valence-corrected chi connectivity index (χ4v) is 5.43. The van der Waals surface area contributed by atoms with E-state index in [1.165, 1.54) is 30.5 Å². The Labute approximate surface area is 242 Å². The number of hydrogen-bond acceptors (Lipinski definition) is 6. The van der Waals surface area contributed by atoms with Crippen molar-refractivity contribution in [1.29, 1.82) is 0 Å². The quantitative estimate of drug-likeness (QED) is 0.252. The van der Waals surface area contributed by atoms with Gasteiger partial charge in [0.15, 0.2) is 0 Å². The summed E-state index contributed by atoms with van der Waals surface area (Å²) in [5.74, 6) is -1.51. The normalized spacial score (nSPS) is 17.2. The number of hydrogen-bond donors (Lipinski definition) is 1. The lowest BCUT2D eigenvalue weighted by Gasteiger charge is -2.31. The molecule has 0 bridgehead atoms. The van der Waals surface area contributed by atoms with Gasteiger partial charge in [-0.2, -0.15) is 13.2 Å². The monoisotopic (exact) mass is 604 g/mol. The van der Waals surface area contributed by atoms with Crippen LogP contribution in [0.2, 0.25) is 5.02 Å². The van der Waals surface area contributed by atoms with Gasteiger partial charge >= 0.3 is 12.1 Å². The number of carbonyl (C=O) groups is 1. The molecule has 4 aromatic rings. The summed E-state index contributed by atoms with van der Waals surface area (Å²) in [5.41, 5.74) is 1.49. The van der Waals surface area contributed by atoms with Gasteiger partial charge in [-0.15, -0.1) is 0 Å². The standard InChI is InChI=1S/C29H25ClF4N4O4/c30-19-2-1-17(22(31)9-19)15-42-26-8-18-12-37(5-3-16(18)7-21(26)29(32,33)34)14-27-36-24-11-35-23(28(39)40)10-25(24)38(27)13-20-4-6-41-20/h1-2,7-11,20H,3-6,12-15H2,(H,39,40)/t20-/m0/s1. The van der Waals surface area contributed by atoms with Crippen molar-refractivity contribution < 1.29 is 36.9 Å². The number of pyridine rings is 1. The van der Waals surface area contributed by atoms with Crippen molar-refractivity contribution in [2.24, 2.45) is 0 Å². The highest BCUT2D eigenvalue weighted by molar-refractivity contribution is 6.30. The van der Waals surface area contributed by atoms with Crippen LogP contribution in [0, 0.1) is 5.82 Å². The van der Waals surface area contributed by atoms with Gasteiger partial charge < -0.3 is 19.1 Å². The molecule has 2 aromatic heterocycles. The number of rotatable bonds is 8. The number of aromatic carboxylic acids is 1. The van der Waals surface area contributed by atoms with Crippen LogP contribution in [-0.4, -0.2) is 49.8 Å². The van der Waals surface area contributed by atoms with Gasteiger partial charge in [-0.05, 0) is 54.3 Å². The zero-order valence-corrected chi connectivity index (χ0v) is 22.9. The SMILES string of the molecule is O=C(O)c1cc2c(cn1)nc(CN1CCc3cc(C(F)(F)F)c(OCc4ccc(Cl)cc4F)cc3C1)n2C[C@@H]1CCO1. The molecule has 0 spiro atoms. The van der Waals surface area contributed by atoms with E-state index in [1.807, 2.05) is 4.57 Å². The predicted molar refractivity (Wildman–Crippen MR) is 144 cm³/mol. The van der Waals surface area contributed by atoms with Crippen LogP contribution < -0.4 is 4.74 Å². The molecule has 1 fully saturated rings. The van der Waals surface area contributed by atoms with Crippen LogP contribution in [0.5, 0.6) is 5.75 Å². The molecule has 2 aliphatic heterocycles. The molecular weight excluding hydrogens is 580 g/mol. The molecule has 0 unspecified atom stereocenters. The molecule has 6 rings (SSSR count). The summed E-state index contributed by atoms with van der Waals surface area (Å²) in [4.78, 5) is 22.3. The van der Waals surface area contributed by atoms with E-state index in [-0.39, 0.29) is 28.1 Å². The number of carboxylic acid groups (broad SMARTS) is 1. The highest BCUT2D eigenvalue weighted by Crippen LogP contribution is 2.40. The number of imidazole rings is 1. The van der Waals surface area contributed by atoms with Gasteiger partial charge in [-0.25, -0.2) is 19.2 Å². The second-order valence-electron chi connectivity index (χ2n) is 10.4. The van der Waals surface area contributed by atoms with Gasteiger partial charge in [0.2, 0.25) is 0 Å². The van der Waals surface area contributed by atoms with Crippen LogP contribution in [0.3, 0.4) is 0 Å². The number of ether oxygens (including phenoxy) is 2. The molecular formula is C29H25ClF4N4O4. The number of fused-ring (bicyclic) bond motifs is 2. The molecule has 1 atom stereocenters. The summed E-state index contributed by atoms with van der Waals surface area (Å²) < 4.78 is 69.2. The number of nitrogens with zero attached hydrogens (tertiary/aromatic N) is 4. The molecule has 8 nitrogen and oxygen atoms in total. The molecule has 42 heavy (non-hydrogen) atoms. The predicted octanol–water partition coefficient (Wildman–Crippen LogP) is 5.87. The Morgan fingerprint density at radius 2 is 2.00 bits per heavy atom. The largest absolute Gasteiger partial charge is 0.488 e. The topological polar surface area (TPSA) is 89.7 Å². The van der Waals surface area contributed by atoms with Crippen molar-refractivity contribution in [1.82, 2.24) is 19.4 Å². The van der Waals surface area contributed by atoms with E-state index in [0.29, 0.717) is 67.2 Å². The van der Waals surface area contributed by atoms with Gasteiger partial charge in [-0.3, -0.25) is 4.90 Å². The summed E-state index contributed by atoms with van der Waals surface area (Å²) in [6.45, 7) is 1.95. The van der Waals surface area contributed by atoms with E-state index in [0.717, 1.165) is 18.6 Å². The number of aromatic nitrogens is 3. The van der Waals surface area contributed by atoms with Gasteiger partial charge in [0.05, 0.1) is 36.5 Å². The smallest absolute Gasteiger partial charge is 0.419 e. The second-order valence-corrected chi connectivity index (χ2v) is 10.8. The Balaban J connectivity index is 1.27. The minimum Gasteiger partial charge on any atom is -0.488 e. The van der Waals surface area contributed by atoms with Crippen LogP contribution in [0.25, 0.3) is 11.0 Å². The summed E-state index contributed by atoms with van der Waals surface area (Å²) in [6.07, 6.45) is -2.00. The molecule has 0 saturated carbocycles. The average molecular weight is 605 g/mol. The van der Waals surface area contributed by atoms with E-state index < -0.39 is 30.1 Å². The molecule has 0 radical (unpaired) electrons. The van der Waals surface area contributed by atoms with Gasteiger partial charge in [0.25, 0.3) is 0 Å². The summed E-state index contributed by atoms with van der Waals surface area (Å²) in [5, 5.41) is 9.60. The van der Waals surface area contributed by atoms with E-state index in [4.69, 9.17) is 26.1 Å². The first-order chi connectivity index (χ1) is 20.0. The summed E-state index contributed by atoms with van der Waals surface area (Å²) in [6, 6.07) is 7.89. The molecule has 220 valence electrons. The molecule has 2 aliphatic rings. The Bertz CT molecular complexity index is 1670. The van der Waals surface area contributed by atoms with Crippen molar-refractivity contribution in [3.63, 3.8) is 0 Å². The molecule has 1 saturated heterocycles. The van der Waals surface area contributed by atoms with Gasteiger partial charge in [0.1, 0.15) is 35.2 Å². The van der Waals surface area contributed by atoms with Gasteiger partial charge in [0, 0.05) is 30.3 Å². The number of carboxylic acids is 1. The number of alkyl halides is 3. The minimum absolute atomic E-state index is 0.0179. The maximum absolute atomic E-state index is 14.3. The fourth-order valence-electron chi connectivity index (χ4n) is 5.27. The minimum atomic E-state index is -4.66. The van der Waals surface area contributed by atoms with E-state index in [1.54, 1.807) is 0 Å². The van der Waals surface area contributed by atoms with E-state index >= 15 is 0 Å². The molecule has 0 aliphatic carbocycles. The number of halogens is 5. The highest BCUT2D eigenvalue weighted by Gasteiger charge is 2.36. The molecule has 0 amide bonds. The third-order valence-electron chi connectivity index (χ3n) is 7.57. The zero-order valence-electron chi connectivity index (χ0n) is 22.1. The lowest BCUT2D eigenvalue weighted by molar-refractivity contribution is -0.139. The Morgan fingerprint density at radius 1 is 1.19 bits per heavy atom. The Morgan fingerprint density at radius 3 is 2.69 bits per heavy atom. The fraction of sp³-hybridized carbons (Fsp3) is 0.345. The first kappa shape index (κ1) is 28.4. The van der Waals surface area contributed by atoms with Crippen LogP contribution in [-0.2, 0) is 43.6 Å². The van der Waals surface area contributed by atoms with E-state index in [9.17, 15) is 27.5 Å². The Kier molecular flexibility index (Phi) is 7.54. The van der Waals surface area contributed by atoms with Crippen LogP contribution in [0.4, 0.5) is 17.6 Å². The first-order valence-electron chi connectivity index (χ1n) is 13.3. The summed E-state index contributed by atoms with van der Waals surface area (Å²) in [7, 11) is 0. The summed E-state index contributed by atoms with van der Waals surface area (Å²) >= 11 is 5.78. The molecule has 13 heteroatoms.